The Morgan fingerprint density at radius 3 is 2.61 bits per heavy atom. The van der Waals surface area contributed by atoms with E-state index in [1.807, 2.05) is 56.3 Å². The van der Waals surface area contributed by atoms with Crippen LogP contribution in [-0.4, -0.2) is 47.2 Å². The number of ether oxygens (including phenoxy) is 1. The topological polar surface area (TPSA) is 75.8 Å². The summed E-state index contributed by atoms with van der Waals surface area (Å²) < 4.78 is 10.8. The maximum absolute atomic E-state index is 13.2. The van der Waals surface area contributed by atoms with E-state index in [2.05, 4.69) is 10.1 Å². The maximum Gasteiger partial charge on any atom is 0.177 e. The van der Waals surface area contributed by atoms with Crippen LogP contribution in [0.15, 0.2) is 47.0 Å². The van der Waals surface area contributed by atoms with Crippen molar-refractivity contribution in [3.63, 3.8) is 0 Å². The predicted molar refractivity (Wildman–Crippen MR) is 116 cm³/mol. The smallest absolute Gasteiger partial charge is 0.177 e. The minimum absolute atomic E-state index is 0.187. The van der Waals surface area contributed by atoms with Crippen LogP contribution in [0.5, 0.6) is 0 Å². The molecule has 1 aliphatic heterocycles. The molecule has 1 aromatic heterocycles. The van der Waals surface area contributed by atoms with Gasteiger partial charge in [-0.05, 0) is 42.2 Å². The van der Waals surface area contributed by atoms with E-state index in [9.17, 15) is 9.90 Å². The molecule has 0 unspecified atom stereocenters. The fraction of sp³-hybridized carbons (Fsp3) is 0.360. The number of carbonyl (C=O) groups excluding carboxylic acids is 1. The van der Waals surface area contributed by atoms with Gasteiger partial charge in [0, 0.05) is 37.2 Å². The lowest BCUT2D eigenvalue weighted by Gasteiger charge is -2.30. The van der Waals surface area contributed by atoms with Gasteiger partial charge in [0.2, 0.25) is 0 Å². The molecule has 2 aliphatic rings. The lowest BCUT2D eigenvalue weighted by Crippen LogP contribution is -2.38. The van der Waals surface area contributed by atoms with Gasteiger partial charge in [-0.25, -0.2) is 0 Å². The average Bonchev–Trinajstić information content (AvgIpc) is 3.25. The molecule has 3 aromatic rings. The van der Waals surface area contributed by atoms with Crippen molar-refractivity contribution in [3.05, 3.63) is 76.2 Å². The zero-order valence-corrected chi connectivity index (χ0v) is 17.9. The molecule has 1 N–H and O–H groups in total. The number of hydrogen-bond acceptors (Lipinski definition) is 6. The summed E-state index contributed by atoms with van der Waals surface area (Å²) in [7, 11) is 0. The standard InChI is InChI=1S/C25H26N2O4/c1-16-24(17(2)31-26-16)19-8-7-18-14-23(28)25(29,22(18)13-19)21-6-4-3-5-20(21)15-27-9-11-30-12-10-27/h3-8,13,29H,9-12,14-15H2,1-2H3/t25-/m1/s1. The summed E-state index contributed by atoms with van der Waals surface area (Å²) in [5, 5.41) is 16.0. The first-order valence-corrected chi connectivity index (χ1v) is 10.7. The van der Waals surface area contributed by atoms with Crippen LogP contribution < -0.4 is 0 Å². The van der Waals surface area contributed by atoms with Crippen molar-refractivity contribution >= 4 is 5.78 Å². The number of hydrogen-bond donors (Lipinski definition) is 1. The van der Waals surface area contributed by atoms with Crippen LogP contribution >= 0.6 is 0 Å². The van der Waals surface area contributed by atoms with E-state index in [4.69, 9.17) is 9.26 Å². The summed E-state index contributed by atoms with van der Waals surface area (Å²) in [5.41, 5.74) is 4.09. The van der Waals surface area contributed by atoms with Gasteiger partial charge in [-0.2, -0.15) is 0 Å². The number of fused-ring (bicyclic) bond motifs is 1. The summed E-state index contributed by atoms with van der Waals surface area (Å²) in [5.74, 6) is 0.533. The van der Waals surface area contributed by atoms with Crippen molar-refractivity contribution in [2.75, 3.05) is 26.3 Å². The fourth-order valence-corrected chi connectivity index (χ4v) is 4.88. The number of benzene rings is 2. The van der Waals surface area contributed by atoms with E-state index in [1.165, 1.54) is 0 Å². The minimum atomic E-state index is -1.66. The number of Topliss-reactive ketones (excluding diaryl/α,β-unsaturated/α-hetero) is 1. The molecule has 0 spiro atoms. The SMILES string of the molecule is Cc1noc(C)c1-c1ccc2c(c1)[C@](O)(c1ccccc1CN1CCOCC1)C(=O)C2. The number of aryl methyl sites for hydroxylation is 2. The summed E-state index contributed by atoms with van der Waals surface area (Å²) in [6.45, 7) is 7.53. The van der Waals surface area contributed by atoms with E-state index in [0.29, 0.717) is 30.9 Å². The summed E-state index contributed by atoms with van der Waals surface area (Å²) in [6.07, 6.45) is 0.222. The number of ketones is 1. The monoisotopic (exact) mass is 418 g/mol. The second-order valence-electron chi connectivity index (χ2n) is 8.43. The summed E-state index contributed by atoms with van der Waals surface area (Å²) in [4.78, 5) is 15.5. The molecule has 31 heavy (non-hydrogen) atoms. The Bertz CT molecular complexity index is 1130. The molecule has 160 valence electrons. The van der Waals surface area contributed by atoms with Crippen LogP contribution in [0.4, 0.5) is 0 Å². The zero-order chi connectivity index (χ0) is 21.6. The van der Waals surface area contributed by atoms with E-state index >= 15 is 0 Å². The van der Waals surface area contributed by atoms with E-state index in [-0.39, 0.29) is 12.2 Å². The molecule has 6 heteroatoms. The summed E-state index contributed by atoms with van der Waals surface area (Å²) in [6, 6.07) is 13.6. The maximum atomic E-state index is 13.2. The van der Waals surface area contributed by atoms with Crippen molar-refractivity contribution in [2.45, 2.75) is 32.4 Å². The van der Waals surface area contributed by atoms with Crippen LogP contribution in [0, 0.1) is 13.8 Å². The van der Waals surface area contributed by atoms with E-state index in [1.54, 1.807) is 0 Å². The lowest BCUT2D eigenvalue weighted by molar-refractivity contribution is -0.131. The Morgan fingerprint density at radius 2 is 1.87 bits per heavy atom. The molecular weight excluding hydrogens is 392 g/mol. The third-order valence-corrected chi connectivity index (χ3v) is 6.48. The number of aliphatic hydroxyl groups is 1. The van der Waals surface area contributed by atoms with Gasteiger partial charge < -0.3 is 14.4 Å². The summed E-state index contributed by atoms with van der Waals surface area (Å²) >= 11 is 0. The second-order valence-corrected chi connectivity index (χ2v) is 8.43. The van der Waals surface area contributed by atoms with Gasteiger partial charge in [-0.15, -0.1) is 0 Å². The molecule has 5 rings (SSSR count). The van der Waals surface area contributed by atoms with Crippen molar-refractivity contribution in [3.8, 4) is 11.1 Å². The molecule has 1 atom stereocenters. The van der Waals surface area contributed by atoms with Crippen molar-refractivity contribution < 1.29 is 19.2 Å². The third kappa shape index (κ3) is 3.31. The third-order valence-electron chi connectivity index (χ3n) is 6.48. The quantitative estimate of drug-likeness (QED) is 0.702. The van der Waals surface area contributed by atoms with Gasteiger partial charge in [0.05, 0.1) is 18.9 Å². The highest BCUT2D eigenvalue weighted by molar-refractivity contribution is 5.99. The minimum Gasteiger partial charge on any atom is -0.379 e. The molecule has 0 amide bonds. The Morgan fingerprint density at radius 1 is 1.10 bits per heavy atom. The van der Waals surface area contributed by atoms with E-state index in [0.717, 1.165) is 46.8 Å². The fourth-order valence-electron chi connectivity index (χ4n) is 4.88. The Kier molecular flexibility index (Phi) is 5.01. The Labute approximate surface area is 181 Å². The highest BCUT2D eigenvalue weighted by Gasteiger charge is 2.47. The van der Waals surface area contributed by atoms with E-state index < -0.39 is 5.60 Å². The molecule has 6 nitrogen and oxygen atoms in total. The van der Waals surface area contributed by atoms with Gasteiger partial charge in [0.25, 0.3) is 0 Å². The molecule has 0 bridgehead atoms. The second kappa shape index (κ2) is 7.71. The molecular formula is C25H26N2O4. The number of rotatable bonds is 4. The molecule has 1 aliphatic carbocycles. The van der Waals surface area contributed by atoms with Crippen molar-refractivity contribution in [2.24, 2.45) is 0 Å². The first-order valence-electron chi connectivity index (χ1n) is 10.7. The molecule has 0 saturated carbocycles. The number of carbonyl (C=O) groups is 1. The largest absolute Gasteiger partial charge is 0.379 e. The Balaban J connectivity index is 1.60. The highest BCUT2D eigenvalue weighted by Crippen LogP contribution is 2.43. The van der Waals surface area contributed by atoms with Gasteiger partial charge in [0.15, 0.2) is 11.4 Å². The van der Waals surface area contributed by atoms with Crippen LogP contribution in [0.1, 0.15) is 33.7 Å². The van der Waals surface area contributed by atoms with Crippen LogP contribution in [0.3, 0.4) is 0 Å². The van der Waals surface area contributed by atoms with Gasteiger partial charge in [0.1, 0.15) is 5.76 Å². The van der Waals surface area contributed by atoms with Crippen LogP contribution in [0.25, 0.3) is 11.1 Å². The zero-order valence-electron chi connectivity index (χ0n) is 17.9. The predicted octanol–water partition coefficient (Wildman–Crippen LogP) is 3.15. The Hall–Kier alpha value is -2.80. The van der Waals surface area contributed by atoms with Crippen LogP contribution in [0.2, 0.25) is 0 Å². The van der Waals surface area contributed by atoms with Gasteiger partial charge >= 0.3 is 0 Å². The van der Waals surface area contributed by atoms with Crippen molar-refractivity contribution in [1.29, 1.82) is 0 Å². The molecule has 2 heterocycles. The van der Waals surface area contributed by atoms with Gasteiger partial charge in [-0.1, -0.05) is 41.6 Å². The number of nitrogens with zero attached hydrogens (tertiary/aromatic N) is 2. The average molecular weight is 418 g/mol. The lowest BCUT2D eigenvalue weighted by atomic mass is 9.83. The number of aromatic nitrogens is 1. The number of morpholine rings is 1. The first kappa shape index (κ1) is 20.1. The highest BCUT2D eigenvalue weighted by atomic mass is 16.5. The van der Waals surface area contributed by atoms with Crippen LogP contribution in [-0.2, 0) is 28.1 Å². The first-order chi connectivity index (χ1) is 15.0. The normalized spacial score (nSPS) is 21.5. The molecule has 0 radical (unpaired) electrons. The molecule has 1 saturated heterocycles. The molecule has 2 aromatic carbocycles. The van der Waals surface area contributed by atoms with Gasteiger partial charge in [-0.3, -0.25) is 9.69 Å². The molecule has 1 fully saturated rings. The van der Waals surface area contributed by atoms with Crippen molar-refractivity contribution in [1.82, 2.24) is 10.1 Å².